The number of halogens is 1. The molecule has 1 heterocycles. The molecule has 172 valence electrons. The van der Waals surface area contributed by atoms with E-state index in [1.807, 2.05) is 26.0 Å². The number of nitrogens with zero attached hydrogens (tertiary/aromatic N) is 1. The molecule has 0 spiro atoms. The number of amides is 2. The lowest BCUT2D eigenvalue weighted by molar-refractivity contribution is -0.129. The van der Waals surface area contributed by atoms with Crippen LogP contribution in [0, 0.1) is 19.8 Å². The summed E-state index contributed by atoms with van der Waals surface area (Å²) < 4.78 is 28.0. The molecule has 0 aromatic heterocycles. The molecule has 1 atom stereocenters. The van der Waals surface area contributed by atoms with E-state index in [1.165, 1.54) is 4.31 Å². The summed E-state index contributed by atoms with van der Waals surface area (Å²) in [5.74, 6) is -0.865. The first-order valence-corrected chi connectivity index (χ1v) is 12.8. The zero-order valence-corrected chi connectivity index (χ0v) is 20.8. The normalized spacial score (nSPS) is 16.4. The Morgan fingerprint density at radius 2 is 1.69 bits per heavy atom. The van der Waals surface area contributed by atoms with E-state index in [0.29, 0.717) is 18.5 Å². The number of carbonyl (C=O) groups is 2. The third-order valence-electron chi connectivity index (χ3n) is 5.66. The largest absolute Gasteiger partial charge is 0.344 e. The Morgan fingerprint density at radius 1 is 1.06 bits per heavy atom. The van der Waals surface area contributed by atoms with Crippen molar-refractivity contribution in [3.63, 3.8) is 0 Å². The summed E-state index contributed by atoms with van der Waals surface area (Å²) >= 11 is 3.42. The number of aryl methyl sites for hydroxylation is 2. The van der Waals surface area contributed by atoms with Crippen LogP contribution in [0.5, 0.6) is 0 Å². The molecule has 1 saturated heterocycles. The van der Waals surface area contributed by atoms with Gasteiger partial charge in [-0.3, -0.25) is 9.59 Å². The zero-order valence-electron chi connectivity index (χ0n) is 18.4. The van der Waals surface area contributed by atoms with Crippen LogP contribution in [-0.2, 0) is 19.6 Å². The Morgan fingerprint density at radius 3 is 2.28 bits per heavy atom. The lowest BCUT2D eigenvalue weighted by Gasteiger charge is -2.31. The number of nitrogens with one attached hydrogen (secondary N) is 2. The molecule has 2 aromatic rings. The van der Waals surface area contributed by atoms with Crippen LogP contribution in [0.3, 0.4) is 0 Å². The van der Waals surface area contributed by atoms with Crippen LogP contribution >= 0.6 is 15.9 Å². The van der Waals surface area contributed by atoms with Gasteiger partial charge >= 0.3 is 0 Å². The minimum Gasteiger partial charge on any atom is -0.344 e. The highest BCUT2D eigenvalue weighted by atomic mass is 79.9. The van der Waals surface area contributed by atoms with Crippen molar-refractivity contribution in [2.45, 2.75) is 44.6 Å². The molecule has 0 aliphatic carbocycles. The van der Waals surface area contributed by atoms with E-state index in [9.17, 15) is 18.0 Å². The first-order chi connectivity index (χ1) is 15.1. The topological polar surface area (TPSA) is 95.6 Å². The van der Waals surface area contributed by atoms with Gasteiger partial charge in [-0.2, -0.15) is 4.31 Å². The van der Waals surface area contributed by atoms with Gasteiger partial charge in [-0.05, 0) is 69.5 Å². The van der Waals surface area contributed by atoms with E-state index in [0.717, 1.165) is 15.6 Å². The summed E-state index contributed by atoms with van der Waals surface area (Å²) in [4.78, 5) is 25.4. The van der Waals surface area contributed by atoms with Crippen molar-refractivity contribution in [2.24, 2.45) is 5.92 Å². The highest BCUT2D eigenvalue weighted by Gasteiger charge is 2.32. The second-order valence-electron chi connectivity index (χ2n) is 8.17. The van der Waals surface area contributed by atoms with Crippen LogP contribution in [-0.4, -0.2) is 43.7 Å². The van der Waals surface area contributed by atoms with Crippen molar-refractivity contribution in [1.29, 1.82) is 0 Å². The molecule has 0 saturated carbocycles. The molecule has 9 heteroatoms. The lowest BCUT2D eigenvalue weighted by atomic mass is 9.97. The van der Waals surface area contributed by atoms with E-state index in [2.05, 4.69) is 26.6 Å². The number of rotatable bonds is 6. The van der Waals surface area contributed by atoms with Crippen molar-refractivity contribution in [2.75, 3.05) is 18.4 Å². The third-order valence-corrected chi connectivity index (χ3v) is 8.46. The molecule has 2 N–H and O–H groups in total. The van der Waals surface area contributed by atoms with Crippen LogP contribution in [0.25, 0.3) is 0 Å². The first kappa shape index (κ1) is 24.4. The molecule has 1 aliphatic heterocycles. The van der Waals surface area contributed by atoms with Gasteiger partial charge in [-0.15, -0.1) is 0 Å². The van der Waals surface area contributed by atoms with Gasteiger partial charge in [0, 0.05) is 29.2 Å². The van der Waals surface area contributed by atoms with Gasteiger partial charge in [0.2, 0.25) is 21.8 Å². The lowest BCUT2D eigenvalue weighted by Crippen LogP contribution is -2.47. The number of piperidine rings is 1. The van der Waals surface area contributed by atoms with Gasteiger partial charge in [0.15, 0.2) is 0 Å². The third kappa shape index (κ3) is 5.76. The SMILES string of the molecule is Cc1ccc(S(=O)(=O)N2CCC(C(=O)N[C@@H](C)C(=O)Nc3ccc(Br)c(C)c3)CC2)cc1. The molecule has 3 rings (SSSR count). The Balaban J connectivity index is 1.53. The minimum absolute atomic E-state index is 0.230. The molecule has 32 heavy (non-hydrogen) atoms. The van der Waals surface area contributed by atoms with E-state index >= 15 is 0 Å². The van der Waals surface area contributed by atoms with Crippen molar-refractivity contribution < 1.29 is 18.0 Å². The van der Waals surface area contributed by atoms with Gasteiger partial charge in [-0.25, -0.2) is 8.42 Å². The van der Waals surface area contributed by atoms with Gasteiger partial charge in [0.25, 0.3) is 0 Å². The fourth-order valence-electron chi connectivity index (χ4n) is 3.59. The van der Waals surface area contributed by atoms with Crippen LogP contribution in [0.4, 0.5) is 5.69 Å². The number of hydrogen-bond donors (Lipinski definition) is 2. The molecule has 7 nitrogen and oxygen atoms in total. The molecular formula is C23H28BrN3O4S. The molecule has 0 radical (unpaired) electrons. The smallest absolute Gasteiger partial charge is 0.246 e. The van der Waals surface area contributed by atoms with Crippen molar-refractivity contribution >= 4 is 43.5 Å². The first-order valence-electron chi connectivity index (χ1n) is 10.5. The highest BCUT2D eigenvalue weighted by molar-refractivity contribution is 9.10. The van der Waals surface area contributed by atoms with Crippen LogP contribution < -0.4 is 10.6 Å². The van der Waals surface area contributed by atoms with Gasteiger partial charge < -0.3 is 10.6 Å². The summed E-state index contributed by atoms with van der Waals surface area (Å²) in [5, 5.41) is 5.56. The maximum absolute atomic E-state index is 12.8. The summed E-state index contributed by atoms with van der Waals surface area (Å²) in [6, 6.07) is 11.5. The number of benzene rings is 2. The highest BCUT2D eigenvalue weighted by Crippen LogP contribution is 2.24. The van der Waals surface area contributed by atoms with Gasteiger partial charge in [-0.1, -0.05) is 33.6 Å². The van der Waals surface area contributed by atoms with Crippen molar-refractivity contribution in [3.05, 3.63) is 58.1 Å². The molecule has 1 fully saturated rings. The van der Waals surface area contributed by atoms with Crippen LogP contribution in [0.15, 0.2) is 51.8 Å². The number of carbonyl (C=O) groups excluding carboxylic acids is 2. The average molecular weight is 522 g/mol. The summed E-state index contributed by atoms with van der Waals surface area (Å²) in [6.45, 7) is 6.01. The van der Waals surface area contributed by atoms with Crippen LogP contribution in [0.1, 0.15) is 30.9 Å². The summed E-state index contributed by atoms with van der Waals surface area (Å²) in [7, 11) is -3.57. The molecule has 0 bridgehead atoms. The minimum atomic E-state index is -3.57. The molecule has 0 unspecified atom stereocenters. The Hall–Kier alpha value is -2.23. The summed E-state index contributed by atoms with van der Waals surface area (Å²) in [6.07, 6.45) is 0.828. The Bertz CT molecular complexity index is 1090. The van der Waals surface area contributed by atoms with Crippen molar-refractivity contribution in [1.82, 2.24) is 9.62 Å². The fraction of sp³-hybridized carbons (Fsp3) is 0.391. The molecular weight excluding hydrogens is 494 g/mol. The average Bonchev–Trinajstić information content (AvgIpc) is 2.76. The number of anilines is 1. The molecule has 1 aliphatic rings. The predicted molar refractivity (Wildman–Crippen MR) is 128 cm³/mol. The number of hydrogen-bond acceptors (Lipinski definition) is 4. The second kappa shape index (κ2) is 10.1. The molecule has 2 aromatic carbocycles. The quantitative estimate of drug-likeness (QED) is 0.606. The zero-order chi connectivity index (χ0) is 23.5. The fourth-order valence-corrected chi connectivity index (χ4v) is 5.30. The van der Waals surface area contributed by atoms with Gasteiger partial charge in [0.05, 0.1) is 4.90 Å². The number of sulfonamides is 1. The Labute approximate surface area is 197 Å². The monoisotopic (exact) mass is 521 g/mol. The summed E-state index contributed by atoms with van der Waals surface area (Å²) in [5.41, 5.74) is 2.64. The second-order valence-corrected chi connectivity index (χ2v) is 11.0. The standard InChI is InChI=1S/C23H28BrN3O4S/c1-15-4-7-20(8-5-15)32(30,31)27-12-10-18(11-13-27)23(29)25-17(3)22(28)26-19-6-9-21(24)16(2)14-19/h4-9,14,17-18H,10-13H2,1-3H3,(H,25,29)(H,26,28)/t17-/m0/s1. The van der Waals surface area contributed by atoms with Gasteiger partial charge in [0.1, 0.15) is 6.04 Å². The maximum atomic E-state index is 12.8. The Kier molecular flexibility index (Phi) is 7.74. The van der Waals surface area contributed by atoms with E-state index in [-0.39, 0.29) is 35.7 Å². The van der Waals surface area contributed by atoms with E-state index < -0.39 is 16.1 Å². The maximum Gasteiger partial charge on any atom is 0.246 e. The van der Waals surface area contributed by atoms with Crippen LogP contribution in [0.2, 0.25) is 0 Å². The predicted octanol–water partition coefficient (Wildman–Crippen LogP) is 3.61. The molecule has 2 amide bonds. The van der Waals surface area contributed by atoms with E-state index in [4.69, 9.17) is 0 Å². The van der Waals surface area contributed by atoms with Crippen molar-refractivity contribution in [3.8, 4) is 0 Å². The van der Waals surface area contributed by atoms with E-state index in [1.54, 1.807) is 37.3 Å².